The number of hydrogen-bond donors (Lipinski definition) is 2. The van der Waals surface area contributed by atoms with Crippen LogP contribution in [0.4, 0.5) is 0 Å². The Bertz CT molecular complexity index is 587. The summed E-state index contributed by atoms with van der Waals surface area (Å²) >= 11 is 0. The van der Waals surface area contributed by atoms with E-state index in [0.717, 1.165) is 12.1 Å². The summed E-state index contributed by atoms with van der Waals surface area (Å²) in [4.78, 5) is 19.4. The second-order valence-electron chi connectivity index (χ2n) is 4.56. The lowest BCUT2D eigenvalue weighted by atomic mass is 10.3. The van der Waals surface area contributed by atoms with E-state index in [0.29, 0.717) is 12.0 Å². The molecule has 3 rings (SSSR count). The Morgan fingerprint density at radius 2 is 2.16 bits per heavy atom. The van der Waals surface area contributed by atoms with E-state index in [1.54, 1.807) is 18.6 Å². The largest absolute Gasteiger partial charge is 0.364 e. The topological polar surface area (TPSA) is 98.7 Å². The number of nitrogens with two attached hydrogens (primary N) is 1. The highest BCUT2D eigenvalue weighted by Crippen LogP contribution is 2.19. The molecule has 3 N–H and O–H groups in total. The summed E-state index contributed by atoms with van der Waals surface area (Å²) < 4.78 is 1.43. The molecule has 0 saturated heterocycles. The molecule has 0 radical (unpaired) electrons. The van der Waals surface area contributed by atoms with Crippen molar-refractivity contribution in [1.29, 1.82) is 0 Å². The summed E-state index contributed by atoms with van der Waals surface area (Å²) in [5.41, 5.74) is 6.36. The van der Waals surface area contributed by atoms with Crippen LogP contribution in [0.5, 0.6) is 0 Å². The Kier molecular flexibility index (Phi) is 2.96. The molecule has 2 aromatic heterocycles. The van der Waals surface area contributed by atoms with E-state index in [1.807, 2.05) is 0 Å². The number of nitrogens with zero attached hydrogens (tertiary/aromatic N) is 4. The van der Waals surface area contributed by atoms with Gasteiger partial charge in [0.15, 0.2) is 0 Å². The molecule has 0 atom stereocenters. The van der Waals surface area contributed by atoms with Gasteiger partial charge in [-0.15, -0.1) is 0 Å². The predicted molar refractivity (Wildman–Crippen MR) is 67.5 cm³/mol. The molecule has 0 spiro atoms. The lowest BCUT2D eigenvalue weighted by molar-refractivity contribution is 0.0995. The first-order valence-corrected chi connectivity index (χ1v) is 6.12. The minimum Gasteiger partial charge on any atom is -0.364 e. The van der Waals surface area contributed by atoms with Gasteiger partial charge in [-0.05, 0) is 18.9 Å². The van der Waals surface area contributed by atoms with E-state index in [2.05, 4.69) is 20.4 Å². The van der Waals surface area contributed by atoms with Crippen molar-refractivity contribution in [3.63, 3.8) is 0 Å². The number of aromatic nitrogens is 4. The zero-order valence-corrected chi connectivity index (χ0v) is 10.3. The molecule has 1 fully saturated rings. The lowest BCUT2D eigenvalue weighted by Crippen LogP contribution is -2.16. The Hall–Kier alpha value is -2.28. The van der Waals surface area contributed by atoms with Gasteiger partial charge in [0.05, 0.1) is 0 Å². The predicted octanol–water partition coefficient (Wildman–Crippen LogP) is 0.0132. The molecule has 19 heavy (non-hydrogen) atoms. The Morgan fingerprint density at radius 1 is 1.42 bits per heavy atom. The second kappa shape index (κ2) is 4.77. The first kappa shape index (κ1) is 11.8. The van der Waals surface area contributed by atoms with Crippen molar-refractivity contribution in [1.82, 2.24) is 25.1 Å². The van der Waals surface area contributed by atoms with Gasteiger partial charge in [-0.25, -0.2) is 14.6 Å². The molecule has 2 heterocycles. The summed E-state index contributed by atoms with van der Waals surface area (Å²) in [5.74, 6) is -0.147. The molecule has 7 nitrogen and oxygen atoms in total. The SMILES string of the molecule is NC(=O)c1ccn(-c2ncc(CNC3CC3)cn2)n1. The van der Waals surface area contributed by atoms with Crippen molar-refractivity contribution >= 4 is 5.91 Å². The van der Waals surface area contributed by atoms with Gasteiger partial charge in [0.25, 0.3) is 5.91 Å². The van der Waals surface area contributed by atoms with Crippen LogP contribution in [0.25, 0.3) is 5.95 Å². The average molecular weight is 258 g/mol. The Morgan fingerprint density at radius 3 is 2.74 bits per heavy atom. The second-order valence-corrected chi connectivity index (χ2v) is 4.56. The number of carbonyl (C=O) groups excluding carboxylic acids is 1. The molecule has 2 aromatic rings. The van der Waals surface area contributed by atoms with Crippen molar-refractivity contribution < 1.29 is 4.79 Å². The smallest absolute Gasteiger partial charge is 0.269 e. The van der Waals surface area contributed by atoms with E-state index in [1.165, 1.54) is 23.6 Å². The summed E-state index contributed by atoms with van der Waals surface area (Å²) in [7, 11) is 0. The average Bonchev–Trinajstić information content (AvgIpc) is 3.11. The third kappa shape index (κ3) is 2.76. The normalized spacial score (nSPS) is 14.5. The van der Waals surface area contributed by atoms with Gasteiger partial charge in [-0.1, -0.05) is 0 Å². The van der Waals surface area contributed by atoms with E-state index >= 15 is 0 Å². The maximum atomic E-state index is 11.0. The van der Waals surface area contributed by atoms with E-state index in [9.17, 15) is 4.79 Å². The molecule has 0 aliphatic heterocycles. The molecule has 0 unspecified atom stereocenters. The zero-order chi connectivity index (χ0) is 13.2. The van der Waals surface area contributed by atoms with Crippen molar-refractivity contribution in [3.8, 4) is 5.95 Å². The highest BCUT2D eigenvalue weighted by Gasteiger charge is 2.20. The summed E-state index contributed by atoms with van der Waals surface area (Å²) in [6.45, 7) is 0.774. The number of nitrogens with one attached hydrogen (secondary N) is 1. The molecule has 1 amide bonds. The minimum absolute atomic E-state index is 0.197. The number of hydrogen-bond acceptors (Lipinski definition) is 5. The summed E-state index contributed by atoms with van der Waals surface area (Å²) in [5, 5.41) is 7.38. The molecule has 98 valence electrons. The number of carbonyl (C=O) groups is 1. The quantitative estimate of drug-likeness (QED) is 0.787. The molecule has 1 aliphatic carbocycles. The fourth-order valence-electron chi connectivity index (χ4n) is 1.67. The number of primary amides is 1. The van der Waals surface area contributed by atoms with Crippen molar-refractivity contribution in [2.75, 3.05) is 0 Å². The molecule has 1 aliphatic rings. The monoisotopic (exact) mass is 258 g/mol. The van der Waals surface area contributed by atoms with E-state index < -0.39 is 5.91 Å². The van der Waals surface area contributed by atoms with Crippen molar-refractivity contribution in [2.45, 2.75) is 25.4 Å². The van der Waals surface area contributed by atoms with Gasteiger partial charge >= 0.3 is 0 Å². The van der Waals surface area contributed by atoms with Crippen LogP contribution in [0, 0.1) is 0 Å². The summed E-state index contributed by atoms with van der Waals surface area (Å²) in [6, 6.07) is 2.19. The van der Waals surface area contributed by atoms with Crippen LogP contribution in [0.1, 0.15) is 28.9 Å². The highest BCUT2D eigenvalue weighted by atomic mass is 16.1. The van der Waals surface area contributed by atoms with Crippen LogP contribution in [0.2, 0.25) is 0 Å². The molecular formula is C12H14N6O. The van der Waals surface area contributed by atoms with Crippen molar-refractivity contribution in [2.24, 2.45) is 5.73 Å². The minimum atomic E-state index is -0.566. The van der Waals surface area contributed by atoms with Crippen LogP contribution < -0.4 is 11.1 Å². The van der Waals surface area contributed by atoms with Crippen molar-refractivity contribution in [3.05, 3.63) is 35.9 Å². The van der Waals surface area contributed by atoms with Gasteiger partial charge in [0.1, 0.15) is 5.69 Å². The number of amides is 1. The Labute approximate surface area is 109 Å². The summed E-state index contributed by atoms with van der Waals surface area (Å²) in [6.07, 6.45) is 7.62. The van der Waals surface area contributed by atoms with Gasteiger partial charge in [-0.2, -0.15) is 5.10 Å². The third-order valence-electron chi connectivity index (χ3n) is 2.91. The number of rotatable bonds is 5. The standard InChI is InChI=1S/C12H14N6O/c13-11(19)10-3-4-18(17-10)12-15-6-8(7-16-12)5-14-9-1-2-9/h3-4,6-7,9,14H,1-2,5H2,(H2,13,19). The zero-order valence-electron chi connectivity index (χ0n) is 10.3. The van der Waals surface area contributed by atoms with Crippen LogP contribution in [-0.4, -0.2) is 31.7 Å². The van der Waals surface area contributed by atoms with Gasteiger partial charge in [0.2, 0.25) is 5.95 Å². The maximum absolute atomic E-state index is 11.0. The maximum Gasteiger partial charge on any atom is 0.269 e. The lowest BCUT2D eigenvalue weighted by Gasteiger charge is -2.03. The van der Waals surface area contributed by atoms with Gasteiger partial charge in [0, 0.05) is 36.7 Å². The Balaban J connectivity index is 1.71. The van der Waals surface area contributed by atoms with Crippen LogP contribution in [-0.2, 0) is 6.54 Å². The fourth-order valence-corrected chi connectivity index (χ4v) is 1.67. The van der Waals surface area contributed by atoms with Crippen LogP contribution in [0.15, 0.2) is 24.7 Å². The van der Waals surface area contributed by atoms with Crippen LogP contribution in [0.3, 0.4) is 0 Å². The molecule has 7 heteroatoms. The van der Waals surface area contributed by atoms with E-state index in [4.69, 9.17) is 5.73 Å². The molecule has 0 bridgehead atoms. The molecule has 1 saturated carbocycles. The van der Waals surface area contributed by atoms with E-state index in [-0.39, 0.29) is 5.69 Å². The van der Waals surface area contributed by atoms with Gasteiger partial charge < -0.3 is 11.1 Å². The highest BCUT2D eigenvalue weighted by molar-refractivity contribution is 5.90. The molecular weight excluding hydrogens is 244 g/mol. The molecule has 0 aromatic carbocycles. The third-order valence-corrected chi connectivity index (χ3v) is 2.91. The van der Waals surface area contributed by atoms with Crippen LogP contribution >= 0.6 is 0 Å². The van der Waals surface area contributed by atoms with Gasteiger partial charge in [-0.3, -0.25) is 4.79 Å². The first-order chi connectivity index (χ1) is 9.22. The fraction of sp³-hybridized carbons (Fsp3) is 0.333. The first-order valence-electron chi connectivity index (χ1n) is 6.12.